The van der Waals surface area contributed by atoms with Gasteiger partial charge < -0.3 is 15.4 Å². The summed E-state index contributed by atoms with van der Waals surface area (Å²) in [4.78, 5) is 13.8. The van der Waals surface area contributed by atoms with Crippen LogP contribution in [0.3, 0.4) is 0 Å². The number of hydrogen-bond donors (Lipinski definition) is 1. The van der Waals surface area contributed by atoms with Gasteiger partial charge in [0.2, 0.25) is 0 Å². The molecule has 112 valence electrons. The number of carbonyl (C=O) groups is 1. The zero-order valence-corrected chi connectivity index (χ0v) is 12.4. The molecule has 2 rings (SSSR count). The van der Waals surface area contributed by atoms with Gasteiger partial charge in [0.1, 0.15) is 5.60 Å². The minimum Gasteiger partial charge on any atom is -0.444 e. The van der Waals surface area contributed by atoms with Crippen LogP contribution in [0.5, 0.6) is 0 Å². The fraction of sp³-hybridized carbons (Fsp3) is 0.769. The Morgan fingerprint density at radius 2 is 2.30 bits per heavy atom. The lowest BCUT2D eigenvalue weighted by Gasteiger charge is -2.33. The van der Waals surface area contributed by atoms with Gasteiger partial charge in [-0.2, -0.15) is 0 Å². The Bertz CT molecular complexity index is 466. The van der Waals surface area contributed by atoms with E-state index in [1.807, 2.05) is 27.0 Å². The molecule has 0 bridgehead atoms. The molecule has 1 fully saturated rings. The van der Waals surface area contributed by atoms with Gasteiger partial charge in [-0.1, -0.05) is 5.21 Å². The second-order valence-corrected chi connectivity index (χ2v) is 6.12. The molecule has 0 spiro atoms. The smallest absolute Gasteiger partial charge is 0.410 e. The maximum absolute atomic E-state index is 12.1. The van der Waals surface area contributed by atoms with Gasteiger partial charge in [0.15, 0.2) is 0 Å². The third-order valence-electron chi connectivity index (χ3n) is 3.19. The summed E-state index contributed by atoms with van der Waals surface area (Å²) in [5, 5.41) is 8.08. The van der Waals surface area contributed by atoms with Crippen molar-refractivity contribution in [2.24, 2.45) is 5.73 Å². The molecule has 20 heavy (non-hydrogen) atoms. The van der Waals surface area contributed by atoms with E-state index in [-0.39, 0.29) is 12.1 Å². The molecule has 0 unspecified atom stereocenters. The monoisotopic (exact) mass is 281 g/mol. The number of hydrogen-bond acceptors (Lipinski definition) is 5. The molecule has 1 atom stereocenters. The van der Waals surface area contributed by atoms with Crippen molar-refractivity contribution in [1.82, 2.24) is 19.9 Å². The highest BCUT2D eigenvalue weighted by atomic mass is 16.6. The van der Waals surface area contributed by atoms with E-state index in [1.165, 1.54) is 0 Å². The first-order valence-electron chi connectivity index (χ1n) is 6.98. The Morgan fingerprint density at radius 1 is 1.55 bits per heavy atom. The van der Waals surface area contributed by atoms with Crippen LogP contribution < -0.4 is 5.73 Å². The molecule has 2 heterocycles. The van der Waals surface area contributed by atoms with Crippen LogP contribution in [-0.2, 0) is 11.3 Å². The molecule has 1 aromatic rings. The highest BCUT2D eigenvalue weighted by molar-refractivity contribution is 5.68. The Labute approximate surface area is 119 Å². The van der Waals surface area contributed by atoms with Crippen LogP contribution >= 0.6 is 0 Å². The molecule has 1 aliphatic rings. The third-order valence-corrected chi connectivity index (χ3v) is 3.19. The van der Waals surface area contributed by atoms with Gasteiger partial charge in [0, 0.05) is 19.6 Å². The lowest BCUT2D eigenvalue weighted by Crippen LogP contribution is -2.43. The van der Waals surface area contributed by atoms with E-state index in [0.717, 1.165) is 25.1 Å². The molecule has 0 saturated carbocycles. The van der Waals surface area contributed by atoms with Gasteiger partial charge in [-0.05, 0) is 33.6 Å². The average Bonchev–Trinajstić information content (AvgIpc) is 2.85. The zero-order chi connectivity index (χ0) is 14.8. The third kappa shape index (κ3) is 3.69. The molecule has 0 radical (unpaired) electrons. The van der Waals surface area contributed by atoms with E-state index >= 15 is 0 Å². The van der Waals surface area contributed by atoms with Crippen LogP contribution in [0.15, 0.2) is 6.20 Å². The number of carbonyl (C=O) groups excluding carboxylic acids is 1. The Balaban J connectivity index is 1.99. The number of ether oxygens (including phenoxy) is 1. The second kappa shape index (κ2) is 5.78. The topological polar surface area (TPSA) is 86.3 Å². The second-order valence-electron chi connectivity index (χ2n) is 6.12. The highest BCUT2D eigenvalue weighted by Crippen LogP contribution is 2.22. The summed E-state index contributed by atoms with van der Waals surface area (Å²) in [5.41, 5.74) is 5.83. The quantitative estimate of drug-likeness (QED) is 0.883. The minimum atomic E-state index is -0.468. The number of aromatic nitrogens is 3. The first-order valence-corrected chi connectivity index (χ1v) is 6.98. The van der Waals surface area contributed by atoms with Crippen LogP contribution in [0, 0.1) is 0 Å². The molecule has 1 saturated heterocycles. The van der Waals surface area contributed by atoms with Crippen LogP contribution in [0.25, 0.3) is 0 Å². The Morgan fingerprint density at radius 3 is 2.90 bits per heavy atom. The summed E-state index contributed by atoms with van der Waals surface area (Å²) in [6.45, 7) is 7.32. The van der Waals surface area contributed by atoms with Crippen molar-refractivity contribution in [3.63, 3.8) is 0 Å². The summed E-state index contributed by atoms with van der Waals surface area (Å²) in [5.74, 6) is 0. The maximum atomic E-state index is 12.1. The molecule has 1 aromatic heterocycles. The molecule has 0 aromatic carbocycles. The van der Waals surface area contributed by atoms with Crippen molar-refractivity contribution >= 4 is 6.09 Å². The summed E-state index contributed by atoms with van der Waals surface area (Å²) in [6.07, 6.45) is 3.50. The summed E-state index contributed by atoms with van der Waals surface area (Å²) in [7, 11) is 0. The van der Waals surface area contributed by atoms with E-state index < -0.39 is 5.60 Å². The largest absolute Gasteiger partial charge is 0.444 e. The van der Waals surface area contributed by atoms with E-state index in [9.17, 15) is 4.79 Å². The first-order chi connectivity index (χ1) is 9.39. The fourth-order valence-corrected chi connectivity index (χ4v) is 2.25. The van der Waals surface area contributed by atoms with E-state index in [2.05, 4.69) is 10.3 Å². The molecule has 7 nitrogen and oxygen atoms in total. The van der Waals surface area contributed by atoms with Crippen LogP contribution in [0.2, 0.25) is 0 Å². The van der Waals surface area contributed by atoms with Gasteiger partial charge >= 0.3 is 6.09 Å². The van der Waals surface area contributed by atoms with Crippen LogP contribution in [0.1, 0.15) is 45.3 Å². The zero-order valence-electron chi connectivity index (χ0n) is 12.4. The molecule has 2 N–H and O–H groups in total. The fourth-order valence-electron chi connectivity index (χ4n) is 2.25. The number of piperidine rings is 1. The van der Waals surface area contributed by atoms with Gasteiger partial charge in [-0.25, -0.2) is 9.48 Å². The van der Waals surface area contributed by atoms with Gasteiger partial charge in [0.05, 0.1) is 17.9 Å². The Kier molecular flexibility index (Phi) is 4.27. The van der Waals surface area contributed by atoms with Gasteiger partial charge in [-0.15, -0.1) is 5.10 Å². The average molecular weight is 281 g/mol. The van der Waals surface area contributed by atoms with Crippen LogP contribution in [0.4, 0.5) is 4.79 Å². The normalized spacial score (nSPS) is 20.0. The number of likely N-dealkylation sites (tertiary alicyclic amines) is 1. The minimum absolute atomic E-state index is 0.143. The van der Waals surface area contributed by atoms with Crippen molar-refractivity contribution < 1.29 is 9.53 Å². The van der Waals surface area contributed by atoms with Crippen molar-refractivity contribution in [1.29, 1.82) is 0 Å². The molecule has 1 amide bonds. The van der Waals surface area contributed by atoms with Crippen molar-refractivity contribution in [2.75, 3.05) is 13.1 Å². The predicted octanol–water partition coefficient (Wildman–Crippen LogP) is 1.31. The first kappa shape index (κ1) is 14.8. The van der Waals surface area contributed by atoms with E-state index in [1.54, 1.807) is 9.58 Å². The number of rotatable bonds is 2. The van der Waals surface area contributed by atoms with Crippen molar-refractivity contribution in [2.45, 2.75) is 51.8 Å². The molecule has 0 aliphatic carbocycles. The highest BCUT2D eigenvalue weighted by Gasteiger charge is 2.28. The number of amides is 1. The molecular formula is C13H23N5O2. The van der Waals surface area contributed by atoms with Crippen LogP contribution in [-0.4, -0.2) is 44.7 Å². The van der Waals surface area contributed by atoms with Crippen molar-refractivity contribution in [3.8, 4) is 0 Å². The lowest BCUT2D eigenvalue weighted by molar-refractivity contribution is 0.0166. The standard InChI is InChI=1S/C13H23N5O2/c1-13(2,3)20-12(19)17-6-4-5-11(9-17)18-8-10(7-14)15-16-18/h8,11H,4-7,9,14H2,1-3H3/t11-/m1/s1. The molecule has 1 aliphatic heterocycles. The molecular weight excluding hydrogens is 258 g/mol. The van der Waals surface area contributed by atoms with E-state index in [4.69, 9.17) is 10.5 Å². The summed E-state index contributed by atoms with van der Waals surface area (Å²) in [6, 6.07) is 0.143. The van der Waals surface area contributed by atoms with Gasteiger partial charge in [0.25, 0.3) is 0 Å². The SMILES string of the molecule is CC(C)(C)OC(=O)N1CCC[C@@H](n2cc(CN)nn2)C1. The summed E-state index contributed by atoms with van der Waals surface area (Å²) < 4.78 is 7.21. The summed E-state index contributed by atoms with van der Waals surface area (Å²) >= 11 is 0. The predicted molar refractivity (Wildman–Crippen MR) is 74.0 cm³/mol. The van der Waals surface area contributed by atoms with Gasteiger partial charge in [-0.3, -0.25) is 0 Å². The maximum Gasteiger partial charge on any atom is 0.410 e. The molecule has 7 heteroatoms. The number of nitrogens with two attached hydrogens (primary N) is 1. The van der Waals surface area contributed by atoms with Crippen molar-refractivity contribution in [3.05, 3.63) is 11.9 Å². The Hall–Kier alpha value is -1.63. The number of nitrogens with zero attached hydrogens (tertiary/aromatic N) is 4. The van der Waals surface area contributed by atoms with E-state index in [0.29, 0.717) is 13.1 Å². The lowest BCUT2D eigenvalue weighted by atomic mass is 10.1.